The summed E-state index contributed by atoms with van der Waals surface area (Å²) < 4.78 is 45.2. The highest BCUT2D eigenvalue weighted by Crippen LogP contribution is 2.40. The predicted molar refractivity (Wildman–Crippen MR) is 94.9 cm³/mol. The van der Waals surface area contributed by atoms with Gasteiger partial charge in [-0.25, -0.2) is 0 Å². The van der Waals surface area contributed by atoms with Crippen molar-refractivity contribution < 1.29 is 26.9 Å². The lowest BCUT2D eigenvalue weighted by atomic mass is 9.87. The number of quaternary nitrogens is 1. The summed E-state index contributed by atoms with van der Waals surface area (Å²) in [5.74, 6) is 2.56. The van der Waals surface area contributed by atoms with Gasteiger partial charge in [0, 0.05) is 23.0 Å². The van der Waals surface area contributed by atoms with E-state index in [4.69, 9.17) is 4.74 Å². The Balaban J connectivity index is 0.000000550. The van der Waals surface area contributed by atoms with E-state index < -0.39 is 7.25 Å². The molecule has 1 atom stereocenters. The van der Waals surface area contributed by atoms with Gasteiger partial charge in [0.25, 0.3) is 0 Å². The average Bonchev–Trinajstić information content (AvgIpc) is 2.45. The molecule has 2 nitrogen and oxygen atoms in total. The number of fused-ring (bicyclic) bond motifs is 1. The van der Waals surface area contributed by atoms with Gasteiger partial charge in [-0.1, -0.05) is 27.7 Å². The van der Waals surface area contributed by atoms with Gasteiger partial charge in [0.15, 0.2) is 0 Å². The van der Waals surface area contributed by atoms with Crippen LogP contribution in [-0.4, -0.2) is 20.3 Å². The van der Waals surface area contributed by atoms with Crippen molar-refractivity contribution in [1.29, 1.82) is 0 Å². The smallest absolute Gasteiger partial charge is 0.461 e. The molecule has 0 saturated heterocycles. The number of ether oxygens (including phenoxy) is 1. The van der Waals surface area contributed by atoms with Crippen LogP contribution in [0.4, 0.5) is 23.0 Å². The van der Waals surface area contributed by atoms with Gasteiger partial charge in [0.05, 0.1) is 13.1 Å². The van der Waals surface area contributed by atoms with Crippen molar-refractivity contribution in [1.82, 2.24) is 0 Å². The first-order valence-electron chi connectivity index (χ1n) is 8.63. The van der Waals surface area contributed by atoms with Crippen LogP contribution >= 0.6 is 0 Å². The van der Waals surface area contributed by atoms with Gasteiger partial charge in [-0.3, -0.25) is 0 Å². The minimum Gasteiger partial charge on any atom is -0.461 e. The van der Waals surface area contributed by atoms with Crippen LogP contribution in [0.3, 0.4) is 0 Å². The third-order valence-corrected chi connectivity index (χ3v) is 4.13. The molecular formula is C18H28BF4NO. The fraction of sp³-hybridized carbons (Fsp3) is 0.556. The van der Waals surface area contributed by atoms with Crippen LogP contribution < -0.4 is 9.64 Å². The van der Waals surface area contributed by atoms with Crippen molar-refractivity contribution in [3.63, 3.8) is 0 Å². The van der Waals surface area contributed by atoms with Gasteiger partial charge in [-0.2, -0.15) is 0 Å². The SMILES string of the molecule is CC[NH+](CC)c1ccc2c(c1)OC(C(C)(C)C)=CC2C.F[B-](F)(F)F. The zero-order valence-corrected chi connectivity index (χ0v) is 15.8. The van der Waals surface area contributed by atoms with Crippen LogP contribution in [0.25, 0.3) is 0 Å². The molecule has 1 aromatic rings. The standard InChI is InChI=1S/C18H27NO.BF4/c1-7-19(8-2)14-9-10-15-13(3)11-17(18(4,5)6)20-16(15)12-14;2-1(3,4)5/h9-13H,7-8H2,1-6H3;/q;-1/p+1. The summed E-state index contributed by atoms with van der Waals surface area (Å²) in [5, 5.41) is 0. The number of allylic oxidation sites excluding steroid dienone is 2. The Hall–Kier alpha value is -1.50. The van der Waals surface area contributed by atoms with Gasteiger partial charge in [-0.05, 0) is 32.1 Å². The van der Waals surface area contributed by atoms with E-state index in [0.29, 0.717) is 5.92 Å². The van der Waals surface area contributed by atoms with Gasteiger partial charge in [0.2, 0.25) is 0 Å². The van der Waals surface area contributed by atoms with E-state index in [0.717, 1.165) is 24.6 Å². The van der Waals surface area contributed by atoms with Gasteiger partial charge in [-0.15, -0.1) is 0 Å². The molecule has 1 unspecified atom stereocenters. The molecule has 0 aromatic heterocycles. The molecule has 7 heteroatoms. The quantitative estimate of drug-likeness (QED) is 0.593. The molecule has 1 aromatic carbocycles. The molecule has 0 fully saturated rings. The van der Waals surface area contributed by atoms with Gasteiger partial charge >= 0.3 is 7.25 Å². The summed E-state index contributed by atoms with van der Waals surface area (Å²) in [6, 6.07) is 6.71. The lowest BCUT2D eigenvalue weighted by Crippen LogP contribution is -3.06. The molecule has 142 valence electrons. The highest BCUT2D eigenvalue weighted by Gasteiger charge is 2.27. The highest BCUT2D eigenvalue weighted by atomic mass is 19.5. The van der Waals surface area contributed by atoms with Crippen molar-refractivity contribution in [2.24, 2.45) is 5.41 Å². The number of hydrogen-bond acceptors (Lipinski definition) is 1. The van der Waals surface area contributed by atoms with E-state index >= 15 is 0 Å². The van der Waals surface area contributed by atoms with Crippen molar-refractivity contribution in [2.45, 2.75) is 47.5 Å². The van der Waals surface area contributed by atoms with Crippen molar-refractivity contribution in [3.05, 3.63) is 35.6 Å². The lowest BCUT2D eigenvalue weighted by molar-refractivity contribution is -0.828. The highest BCUT2D eigenvalue weighted by molar-refractivity contribution is 6.50. The Morgan fingerprint density at radius 3 is 2.04 bits per heavy atom. The monoisotopic (exact) mass is 361 g/mol. The summed E-state index contributed by atoms with van der Waals surface area (Å²) in [5.41, 5.74) is 2.69. The second kappa shape index (κ2) is 8.26. The summed E-state index contributed by atoms with van der Waals surface area (Å²) in [6.45, 7) is 15.5. The van der Waals surface area contributed by atoms with E-state index in [2.05, 4.69) is 65.8 Å². The number of nitrogens with one attached hydrogen (secondary N) is 1. The molecule has 25 heavy (non-hydrogen) atoms. The molecule has 0 radical (unpaired) electrons. The zero-order valence-electron chi connectivity index (χ0n) is 15.8. The molecule has 0 bridgehead atoms. The van der Waals surface area contributed by atoms with Crippen LogP contribution in [0.5, 0.6) is 5.75 Å². The molecule has 0 aliphatic carbocycles. The second-order valence-corrected chi connectivity index (χ2v) is 7.23. The topological polar surface area (TPSA) is 13.7 Å². The summed E-state index contributed by atoms with van der Waals surface area (Å²) in [7, 11) is -6.00. The van der Waals surface area contributed by atoms with E-state index in [1.54, 1.807) is 0 Å². The fourth-order valence-corrected chi connectivity index (χ4v) is 2.75. The largest absolute Gasteiger partial charge is 0.673 e. The van der Waals surface area contributed by atoms with Crippen LogP contribution in [0.1, 0.15) is 53.0 Å². The third-order valence-electron chi connectivity index (χ3n) is 4.13. The van der Waals surface area contributed by atoms with Gasteiger partial charge in [0.1, 0.15) is 17.2 Å². The van der Waals surface area contributed by atoms with Crippen molar-refractivity contribution >= 4 is 12.9 Å². The van der Waals surface area contributed by atoms with Gasteiger partial charge < -0.3 is 26.9 Å². The first-order chi connectivity index (χ1) is 11.4. The summed E-state index contributed by atoms with van der Waals surface area (Å²) in [4.78, 5) is 1.50. The van der Waals surface area contributed by atoms with E-state index in [9.17, 15) is 17.3 Å². The Bertz CT molecular complexity index is 598. The van der Waals surface area contributed by atoms with Crippen LogP contribution in [0.15, 0.2) is 30.0 Å². The molecule has 1 aliphatic heterocycles. The Labute approximate surface area is 148 Å². The molecule has 1 N–H and O–H groups in total. The van der Waals surface area contributed by atoms with Crippen molar-refractivity contribution in [2.75, 3.05) is 13.1 Å². The molecule has 0 saturated carbocycles. The third kappa shape index (κ3) is 6.73. The number of hydrogen-bond donors (Lipinski definition) is 1. The number of rotatable bonds is 3. The Morgan fingerprint density at radius 2 is 1.60 bits per heavy atom. The normalized spacial score (nSPS) is 17.2. The molecule has 0 amide bonds. The Kier molecular flexibility index (Phi) is 7.12. The van der Waals surface area contributed by atoms with Crippen LogP contribution in [0.2, 0.25) is 0 Å². The average molecular weight is 361 g/mol. The number of halogens is 4. The minimum atomic E-state index is -6.00. The van der Waals surface area contributed by atoms with E-state index in [1.807, 2.05) is 0 Å². The summed E-state index contributed by atoms with van der Waals surface area (Å²) in [6.07, 6.45) is 2.26. The first-order valence-corrected chi connectivity index (χ1v) is 8.63. The second-order valence-electron chi connectivity index (χ2n) is 7.23. The van der Waals surface area contributed by atoms with E-state index in [-0.39, 0.29) is 5.41 Å². The van der Waals surface area contributed by atoms with Crippen LogP contribution in [-0.2, 0) is 0 Å². The lowest BCUT2D eigenvalue weighted by Gasteiger charge is -2.30. The maximum atomic E-state index is 9.75. The maximum Gasteiger partial charge on any atom is 0.673 e. The van der Waals surface area contributed by atoms with E-state index in [1.165, 1.54) is 16.2 Å². The zero-order chi connectivity index (χ0) is 19.4. The molecule has 0 spiro atoms. The fourth-order valence-electron chi connectivity index (χ4n) is 2.75. The molecular weight excluding hydrogens is 333 g/mol. The maximum absolute atomic E-state index is 9.75. The predicted octanol–water partition coefficient (Wildman–Crippen LogP) is 4.97. The molecule has 1 heterocycles. The molecule has 1 aliphatic rings. The Morgan fingerprint density at radius 1 is 1.08 bits per heavy atom. The first kappa shape index (κ1) is 21.5. The van der Waals surface area contributed by atoms with Crippen molar-refractivity contribution in [3.8, 4) is 5.75 Å². The minimum absolute atomic E-state index is 0.0595. The number of benzene rings is 1. The van der Waals surface area contributed by atoms with Crippen LogP contribution in [0, 0.1) is 5.41 Å². The molecule has 2 rings (SSSR count). The summed E-state index contributed by atoms with van der Waals surface area (Å²) >= 11 is 0.